The fraction of sp³-hybridized carbons (Fsp3) is 0.750. The Bertz CT molecular complexity index is 511. The van der Waals surface area contributed by atoms with Crippen LogP contribution in [0.1, 0.15) is 39.3 Å². The summed E-state index contributed by atoms with van der Waals surface area (Å²) < 4.78 is 1.86. The molecule has 6 nitrogen and oxygen atoms in total. The van der Waals surface area contributed by atoms with Gasteiger partial charge in [-0.3, -0.25) is 9.69 Å². The Labute approximate surface area is 132 Å². The van der Waals surface area contributed by atoms with Crippen LogP contribution in [0.15, 0.2) is 6.07 Å². The maximum absolute atomic E-state index is 12.3. The van der Waals surface area contributed by atoms with Gasteiger partial charge in [-0.25, -0.2) is 4.68 Å². The largest absolute Gasteiger partial charge is 0.396 e. The van der Waals surface area contributed by atoms with Gasteiger partial charge in [-0.2, -0.15) is 5.10 Å². The van der Waals surface area contributed by atoms with E-state index in [0.29, 0.717) is 12.5 Å². The van der Waals surface area contributed by atoms with E-state index in [2.05, 4.69) is 36.1 Å². The molecule has 0 atom stereocenters. The van der Waals surface area contributed by atoms with Gasteiger partial charge in [0.15, 0.2) is 0 Å². The molecule has 2 heterocycles. The summed E-state index contributed by atoms with van der Waals surface area (Å²) in [7, 11) is 0. The molecular formula is C16H28N4O2. The zero-order valence-electron chi connectivity index (χ0n) is 14.1. The minimum absolute atomic E-state index is 0.00662. The molecule has 0 unspecified atom stereocenters. The highest BCUT2D eigenvalue weighted by molar-refractivity contribution is 5.91. The van der Waals surface area contributed by atoms with Crippen LogP contribution in [0.2, 0.25) is 0 Å². The number of rotatable bonds is 4. The number of likely N-dealkylation sites (tertiary alicyclic amines) is 1. The number of nitrogens with one attached hydrogen (secondary N) is 1. The van der Waals surface area contributed by atoms with Gasteiger partial charge < -0.3 is 10.4 Å². The number of amides is 1. The van der Waals surface area contributed by atoms with Gasteiger partial charge in [-0.1, -0.05) is 0 Å². The van der Waals surface area contributed by atoms with E-state index >= 15 is 0 Å². The first-order chi connectivity index (χ1) is 10.3. The summed E-state index contributed by atoms with van der Waals surface area (Å²) in [6.45, 7) is 10.5. The number of hydrogen-bond acceptors (Lipinski definition) is 4. The molecule has 6 heteroatoms. The van der Waals surface area contributed by atoms with Gasteiger partial charge in [0.25, 0.3) is 0 Å². The Morgan fingerprint density at radius 3 is 2.59 bits per heavy atom. The Hall–Kier alpha value is -1.40. The number of piperidine rings is 1. The van der Waals surface area contributed by atoms with Gasteiger partial charge >= 0.3 is 0 Å². The highest BCUT2D eigenvalue weighted by Crippen LogP contribution is 2.21. The SMILES string of the molecule is Cc1cc(NC(=O)CN2CCC(CO)CC2)n(C(C)(C)C)n1. The first-order valence-corrected chi connectivity index (χ1v) is 8.00. The lowest BCUT2D eigenvalue weighted by atomic mass is 9.98. The minimum Gasteiger partial charge on any atom is -0.396 e. The maximum atomic E-state index is 12.3. The molecule has 0 saturated carbocycles. The zero-order chi connectivity index (χ0) is 16.3. The van der Waals surface area contributed by atoms with Crippen LogP contribution in [0.3, 0.4) is 0 Å². The average molecular weight is 308 g/mol. The van der Waals surface area contributed by atoms with Crippen molar-refractivity contribution >= 4 is 11.7 Å². The van der Waals surface area contributed by atoms with Crippen molar-refractivity contribution in [1.82, 2.24) is 14.7 Å². The summed E-state index contributed by atoms with van der Waals surface area (Å²) in [5.41, 5.74) is 0.727. The molecule has 1 amide bonds. The molecule has 1 saturated heterocycles. The second kappa shape index (κ2) is 6.79. The number of aryl methyl sites for hydroxylation is 1. The van der Waals surface area contributed by atoms with Crippen molar-refractivity contribution in [2.45, 2.75) is 46.1 Å². The average Bonchev–Trinajstić information content (AvgIpc) is 2.80. The molecule has 0 bridgehead atoms. The van der Waals surface area contributed by atoms with Crippen LogP contribution in [0.5, 0.6) is 0 Å². The smallest absolute Gasteiger partial charge is 0.239 e. The summed E-state index contributed by atoms with van der Waals surface area (Å²) in [6, 6.07) is 1.90. The molecule has 0 aromatic carbocycles. The molecule has 0 spiro atoms. The monoisotopic (exact) mass is 308 g/mol. The van der Waals surface area contributed by atoms with Crippen LogP contribution in [0.25, 0.3) is 0 Å². The third-order valence-corrected chi connectivity index (χ3v) is 4.07. The molecule has 1 aliphatic rings. The number of anilines is 1. The van der Waals surface area contributed by atoms with E-state index in [0.717, 1.165) is 37.4 Å². The zero-order valence-corrected chi connectivity index (χ0v) is 14.1. The molecular weight excluding hydrogens is 280 g/mol. The van der Waals surface area contributed by atoms with Gasteiger partial charge in [0.05, 0.1) is 17.8 Å². The lowest BCUT2D eigenvalue weighted by Gasteiger charge is -2.30. The highest BCUT2D eigenvalue weighted by atomic mass is 16.3. The lowest BCUT2D eigenvalue weighted by molar-refractivity contribution is -0.117. The number of nitrogens with zero attached hydrogens (tertiary/aromatic N) is 3. The van der Waals surface area contributed by atoms with E-state index in [-0.39, 0.29) is 18.1 Å². The predicted molar refractivity (Wildman–Crippen MR) is 86.8 cm³/mol. The van der Waals surface area contributed by atoms with E-state index in [4.69, 9.17) is 5.11 Å². The summed E-state index contributed by atoms with van der Waals surface area (Å²) in [5.74, 6) is 1.14. The number of aliphatic hydroxyl groups excluding tert-OH is 1. The molecule has 124 valence electrons. The molecule has 0 aliphatic carbocycles. The van der Waals surface area contributed by atoms with Crippen LogP contribution in [0, 0.1) is 12.8 Å². The number of hydrogen-bond donors (Lipinski definition) is 2. The highest BCUT2D eigenvalue weighted by Gasteiger charge is 2.23. The fourth-order valence-corrected chi connectivity index (χ4v) is 2.81. The fourth-order valence-electron chi connectivity index (χ4n) is 2.81. The third-order valence-electron chi connectivity index (χ3n) is 4.07. The van der Waals surface area contributed by atoms with Crippen LogP contribution in [-0.4, -0.2) is 51.9 Å². The van der Waals surface area contributed by atoms with Crippen molar-refractivity contribution in [1.29, 1.82) is 0 Å². The first kappa shape index (κ1) is 17.0. The quantitative estimate of drug-likeness (QED) is 0.886. The van der Waals surface area contributed by atoms with Crippen molar-refractivity contribution in [2.75, 3.05) is 31.6 Å². The van der Waals surface area contributed by atoms with Crippen LogP contribution in [-0.2, 0) is 10.3 Å². The van der Waals surface area contributed by atoms with Crippen molar-refractivity contribution in [3.8, 4) is 0 Å². The normalized spacial score (nSPS) is 17.7. The molecule has 22 heavy (non-hydrogen) atoms. The molecule has 2 N–H and O–H groups in total. The molecule has 1 aromatic heterocycles. The van der Waals surface area contributed by atoms with Gasteiger partial charge in [0, 0.05) is 12.7 Å². The topological polar surface area (TPSA) is 70.4 Å². The first-order valence-electron chi connectivity index (χ1n) is 8.00. The summed E-state index contributed by atoms with van der Waals surface area (Å²) in [5, 5.41) is 16.6. The lowest BCUT2D eigenvalue weighted by Crippen LogP contribution is -2.40. The van der Waals surface area contributed by atoms with E-state index in [1.54, 1.807) is 0 Å². The molecule has 0 radical (unpaired) electrons. The number of carbonyl (C=O) groups excluding carboxylic acids is 1. The van der Waals surface area contributed by atoms with Crippen LogP contribution < -0.4 is 5.32 Å². The van der Waals surface area contributed by atoms with Crippen LogP contribution >= 0.6 is 0 Å². The Balaban J connectivity index is 1.93. The number of aliphatic hydroxyl groups is 1. The standard InChI is InChI=1S/C16H28N4O2/c1-12-9-14(20(18-12)16(2,3)4)17-15(22)10-19-7-5-13(11-21)6-8-19/h9,13,21H,5-8,10-11H2,1-4H3,(H,17,22). The van der Waals surface area contributed by atoms with E-state index in [1.807, 2.05) is 17.7 Å². The van der Waals surface area contributed by atoms with Gasteiger partial charge in [0.2, 0.25) is 5.91 Å². The summed E-state index contributed by atoms with van der Waals surface area (Å²) in [4.78, 5) is 14.4. The van der Waals surface area contributed by atoms with Crippen molar-refractivity contribution < 1.29 is 9.90 Å². The third kappa shape index (κ3) is 4.30. The second-order valence-corrected chi connectivity index (χ2v) is 7.20. The Morgan fingerprint density at radius 2 is 2.05 bits per heavy atom. The van der Waals surface area contributed by atoms with E-state index in [9.17, 15) is 4.79 Å². The van der Waals surface area contributed by atoms with Crippen molar-refractivity contribution in [3.63, 3.8) is 0 Å². The minimum atomic E-state index is -0.170. The molecule has 1 fully saturated rings. The van der Waals surface area contributed by atoms with Crippen molar-refractivity contribution in [3.05, 3.63) is 11.8 Å². The van der Waals surface area contributed by atoms with E-state index < -0.39 is 0 Å². The summed E-state index contributed by atoms with van der Waals surface area (Å²) in [6.07, 6.45) is 1.92. The number of aromatic nitrogens is 2. The van der Waals surface area contributed by atoms with Gasteiger partial charge in [0.1, 0.15) is 5.82 Å². The summed E-state index contributed by atoms with van der Waals surface area (Å²) >= 11 is 0. The van der Waals surface area contributed by atoms with E-state index in [1.165, 1.54) is 0 Å². The van der Waals surface area contributed by atoms with Gasteiger partial charge in [-0.05, 0) is 59.5 Å². The second-order valence-electron chi connectivity index (χ2n) is 7.20. The maximum Gasteiger partial charge on any atom is 0.239 e. The Kier molecular flexibility index (Phi) is 5.24. The van der Waals surface area contributed by atoms with Gasteiger partial charge in [-0.15, -0.1) is 0 Å². The van der Waals surface area contributed by atoms with Crippen molar-refractivity contribution in [2.24, 2.45) is 5.92 Å². The number of carbonyl (C=O) groups is 1. The molecule has 1 aromatic rings. The Morgan fingerprint density at radius 1 is 1.41 bits per heavy atom. The molecule has 1 aliphatic heterocycles. The predicted octanol–water partition coefficient (Wildman–Crippen LogP) is 1.59. The molecule has 2 rings (SSSR count). The van der Waals surface area contributed by atoms with Crippen LogP contribution in [0.4, 0.5) is 5.82 Å².